The van der Waals surface area contributed by atoms with Gasteiger partial charge in [-0.25, -0.2) is 0 Å². The minimum absolute atomic E-state index is 0.123. The third kappa shape index (κ3) is 2.77. The monoisotopic (exact) mass is 336 g/mol. The molecule has 1 fully saturated rings. The van der Waals surface area contributed by atoms with Crippen LogP contribution in [0.3, 0.4) is 0 Å². The molecule has 98 valence electrons. The van der Waals surface area contributed by atoms with Gasteiger partial charge in [0.25, 0.3) is 5.91 Å². The van der Waals surface area contributed by atoms with Crippen molar-refractivity contribution < 1.29 is 4.79 Å². The highest BCUT2D eigenvalue weighted by Crippen LogP contribution is 2.32. The zero-order valence-electron chi connectivity index (χ0n) is 10.3. The summed E-state index contributed by atoms with van der Waals surface area (Å²) >= 11 is 4.98. The number of hydrogen-bond donors (Lipinski definition) is 0. The second-order valence-corrected chi connectivity index (χ2v) is 6.39. The Morgan fingerprint density at radius 1 is 1.26 bits per heavy atom. The van der Waals surface area contributed by atoms with E-state index in [4.69, 9.17) is 0 Å². The molecule has 1 aromatic carbocycles. The van der Waals surface area contributed by atoms with Crippen molar-refractivity contribution in [3.05, 3.63) is 39.2 Å². The number of amidine groups is 1. The zero-order valence-corrected chi connectivity index (χ0v) is 12.7. The summed E-state index contributed by atoms with van der Waals surface area (Å²) in [6, 6.07) is 7.88. The quantitative estimate of drug-likeness (QED) is 0.735. The third-order valence-electron chi connectivity index (χ3n) is 3.18. The van der Waals surface area contributed by atoms with Crippen LogP contribution in [-0.2, 0) is 4.79 Å². The van der Waals surface area contributed by atoms with Crippen molar-refractivity contribution in [1.29, 1.82) is 0 Å². The Kier molecular flexibility index (Phi) is 3.75. The second kappa shape index (κ2) is 5.51. The van der Waals surface area contributed by atoms with E-state index in [-0.39, 0.29) is 5.91 Å². The van der Waals surface area contributed by atoms with Crippen LogP contribution in [0.1, 0.15) is 18.4 Å². The fourth-order valence-electron chi connectivity index (χ4n) is 2.18. The molecule has 0 spiro atoms. The van der Waals surface area contributed by atoms with Crippen molar-refractivity contribution in [3.8, 4) is 0 Å². The fourth-order valence-corrected chi connectivity index (χ4v) is 3.53. The first-order chi connectivity index (χ1) is 9.24. The average molecular weight is 337 g/mol. The predicted octanol–water partition coefficient (Wildman–Crippen LogP) is 3.52. The SMILES string of the molecule is O=C1N=C(N2CCCC2)S/C1=C\c1ccccc1Br. The number of benzene rings is 1. The van der Waals surface area contributed by atoms with Crippen molar-refractivity contribution in [2.45, 2.75) is 12.8 Å². The first-order valence-corrected chi connectivity index (χ1v) is 7.87. The Hall–Kier alpha value is -1.07. The average Bonchev–Trinajstić information content (AvgIpc) is 3.02. The summed E-state index contributed by atoms with van der Waals surface area (Å²) in [6.45, 7) is 2.03. The van der Waals surface area contributed by atoms with Crippen LogP contribution in [0.15, 0.2) is 38.6 Å². The molecule has 0 atom stereocenters. The smallest absolute Gasteiger partial charge is 0.286 e. The molecule has 3 nitrogen and oxygen atoms in total. The summed E-state index contributed by atoms with van der Waals surface area (Å²) in [4.78, 5) is 19.0. The van der Waals surface area contributed by atoms with Gasteiger partial charge in [-0.05, 0) is 42.3 Å². The number of thioether (sulfide) groups is 1. The molecule has 0 aromatic heterocycles. The number of likely N-dealkylation sites (tertiary alicyclic amines) is 1. The summed E-state index contributed by atoms with van der Waals surface area (Å²) < 4.78 is 0.991. The number of carbonyl (C=O) groups excluding carboxylic acids is 1. The number of halogens is 1. The number of aliphatic imine (C=N–C) groups is 1. The fraction of sp³-hybridized carbons (Fsp3) is 0.286. The molecule has 0 radical (unpaired) electrons. The lowest BCUT2D eigenvalue weighted by molar-refractivity contribution is -0.113. The molecular formula is C14H13BrN2OS. The molecule has 1 amide bonds. The van der Waals surface area contributed by atoms with Gasteiger partial charge in [-0.1, -0.05) is 34.1 Å². The van der Waals surface area contributed by atoms with E-state index in [9.17, 15) is 4.79 Å². The van der Waals surface area contributed by atoms with Gasteiger partial charge in [0.05, 0.1) is 4.91 Å². The van der Waals surface area contributed by atoms with E-state index in [1.165, 1.54) is 24.6 Å². The molecule has 0 bridgehead atoms. The molecule has 2 aliphatic rings. The summed E-state index contributed by atoms with van der Waals surface area (Å²) in [6.07, 6.45) is 4.29. The van der Waals surface area contributed by atoms with E-state index in [0.29, 0.717) is 4.91 Å². The highest BCUT2D eigenvalue weighted by atomic mass is 79.9. The van der Waals surface area contributed by atoms with Crippen molar-refractivity contribution in [3.63, 3.8) is 0 Å². The summed E-state index contributed by atoms with van der Waals surface area (Å²) in [5.41, 5.74) is 1.01. The number of hydrogen-bond acceptors (Lipinski definition) is 3. The van der Waals surface area contributed by atoms with Crippen LogP contribution in [0.4, 0.5) is 0 Å². The normalized spacial score (nSPS) is 21.3. The summed E-state index contributed by atoms with van der Waals surface area (Å²) in [5, 5.41) is 0.862. The van der Waals surface area contributed by atoms with Crippen LogP contribution < -0.4 is 0 Å². The van der Waals surface area contributed by atoms with Crippen molar-refractivity contribution >= 4 is 44.8 Å². The van der Waals surface area contributed by atoms with E-state index in [2.05, 4.69) is 25.8 Å². The van der Waals surface area contributed by atoms with Crippen molar-refractivity contribution in [1.82, 2.24) is 4.90 Å². The van der Waals surface area contributed by atoms with Crippen LogP contribution in [0.25, 0.3) is 6.08 Å². The molecule has 0 aliphatic carbocycles. The number of rotatable bonds is 1. The summed E-state index contributed by atoms with van der Waals surface area (Å²) in [7, 11) is 0. The van der Waals surface area contributed by atoms with Gasteiger partial charge in [0, 0.05) is 17.6 Å². The Morgan fingerprint density at radius 3 is 2.74 bits per heavy atom. The van der Waals surface area contributed by atoms with E-state index >= 15 is 0 Å². The maximum atomic E-state index is 11.9. The molecular weight excluding hydrogens is 324 g/mol. The second-order valence-electron chi connectivity index (χ2n) is 4.53. The zero-order chi connectivity index (χ0) is 13.2. The molecule has 5 heteroatoms. The maximum Gasteiger partial charge on any atom is 0.286 e. The van der Waals surface area contributed by atoms with Crippen LogP contribution in [0.5, 0.6) is 0 Å². The van der Waals surface area contributed by atoms with Crippen LogP contribution in [0.2, 0.25) is 0 Å². The lowest BCUT2D eigenvalue weighted by Crippen LogP contribution is -2.23. The molecule has 0 saturated carbocycles. The Bertz CT molecular complexity index is 577. The van der Waals surface area contributed by atoms with Crippen LogP contribution in [0, 0.1) is 0 Å². The van der Waals surface area contributed by atoms with Crippen LogP contribution >= 0.6 is 27.7 Å². The molecule has 0 unspecified atom stereocenters. The van der Waals surface area contributed by atoms with Gasteiger partial charge in [0.1, 0.15) is 0 Å². The number of carbonyl (C=O) groups is 1. The van der Waals surface area contributed by atoms with Gasteiger partial charge in [-0.15, -0.1) is 0 Å². The maximum absolute atomic E-state index is 11.9. The Labute approximate surface area is 124 Å². The molecule has 19 heavy (non-hydrogen) atoms. The van der Waals surface area contributed by atoms with E-state index in [1.807, 2.05) is 30.3 Å². The van der Waals surface area contributed by atoms with Gasteiger partial charge in [-0.3, -0.25) is 4.79 Å². The summed E-state index contributed by atoms with van der Waals surface area (Å²) in [5.74, 6) is -0.123. The van der Waals surface area contributed by atoms with Gasteiger partial charge >= 0.3 is 0 Å². The van der Waals surface area contributed by atoms with E-state index < -0.39 is 0 Å². The van der Waals surface area contributed by atoms with Crippen molar-refractivity contribution in [2.24, 2.45) is 4.99 Å². The first-order valence-electron chi connectivity index (χ1n) is 6.26. The minimum atomic E-state index is -0.123. The van der Waals surface area contributed by atoms with E-state index in [0.717, 1.165) is 28.3 Å². The molecule has 1 saturated heterocycles. The number of nitrogens with zero attached hydrogens (tertiary/aromatic N) is 2. The lowest BCUT2D eigenvalue weighted by Gasteiger charge is -2.14. The predicted molar refractivity (Wildman–Crippen MR) is 83.0 cm³/mol. The molecule has 2 heterocycles. The molecule has 0 N–H and O–H groups in total. The molecule has 1 aromatic rings. The van der Waals surface area contributed by atoms with Gasteiger partial charge in [0.2, 0.25) is 0 Å². The largest absolute Gasteiger partial charge is 0.351 e. The highest BCUT2D eigenvalue weighted by Gasteiger charge is 2.27. The van der Waals surface area contributed by atoms with Gasteiger partial charge < -0.3 is 4.90 Å². The molecule has 3 rings (SSSR count). The van der Waals surface area contributed by atoms with E-state index in [1.54, 1.807) is 0 Å². The van der Waals surface area contributed by atoms with Gasteiger partial charge in [0.15, 0.2) is 5.17 Å². The number of amides is 1. The lowest BCUT2D eigenvalue weighted by atomic mass is 10.2. The highest BCUT2D eigenvalue weighted by molar-refractivity contribution is 9.10. The van der Waals surface area contributed by atoms with Crippen LogP contribution in [-0.4, -0.2) is 29.1 Å². The third-order valence-corrected chi connectivity index (χ3v) is 4.94. The van der Waals surface area contributed by atoms with Crippen molar-refractivity contribution in [2.75, 3.05) is 13.1 Å². The topological polar surface area (TPSA) is 32.7 Å². The Balaban J connectivity index is 1.81. The Morgan fingerprint density at radius 2 is 2.00 bits per heavy atom. The minimum Gasteiger partial charge on any atom is -0.351 e. The molecule has 2 aliphatic heterocycles. The standard InChI is InChI=1S/C14H13BrN2OS/c15-11-6-2-1-5-10(11)9-12-13(18)16-14(19-12)17-7-3-4-8-17/h1-2,5-6,9H,3-4,7-8H2/b12-9-. The van der Waals surface area contributed by atoms with Gasteiger partial charge in [-0.2, -0.15) is 4.99 Å². The first kappa shape index (κ1) is 12.9.